The van der Waals surface area contributed by atoms with Crippen molar-refractivity contribution in [2.45, 2.75) is 4.90 Å². The Balaban J connectivity index is 2.25. The lowest BCUT2D eigenvalue weighted by Gasteiger charge is -2.10. The number of hydrogen-bond donors (Lipinski definition) is 2. The molecule has 3 N–H and O–H groups in total. The van der Waals surface area contributed by atoms with Crippen molar-refractivity contribution in [3.8, 4) is 5.75 Å². The van der Waals surface area contributed by atoms with E-state index < -0.39 is 0 Å². The summed E-state index contributed by atoms with van der Waals surface area (Å²) in [5.41, 5.74) is 7.40. The van der Waals surface area contributed by atoms with Crippen molar-refractivity contribution in [1.29, 1.82) is 0 Å². The van der Waals surface area contributed by atoms with Crippen LogP contribution < -0.4 is 15.8 Å². The number of carbonyl (C=O) groups excluding carboxylic acids is 1. The maximum absolute atomic E-state index is 12.3. The van der Waals surface area contributed by atoms with E-state index in [1.165, 1.54) is 7.11 Å². The Morgan fingerprint density at radius 1 is 1.25 bits per heavy atom. The molecule has 104 valence electrons. The number of hydrogen-bond acceptors (Lipinski definition) is 4. The molecule has 2 rings (SSSR count). The minimum atomic E-state index is -0.243. The van der Waals surface area contributed by atoms with Crippen LogP contribution in [0.4, 0.5) is 11.4 Å². The van der Waals surface area contributed by atoms with Gasteiger partial charge in [-0.2, -0.15) is 0 Å². The zero-order valence-corrected chi connectivity index (χ0v) is 12.2. The van der Waals surface area contributed by atoms with Crippen LogP contribution in [0.15, 0.2) is 47.4 Å². The third-order valence-corrected chi connectivity index (χ3v) is 3.52. The Labute approximate surface area is 122 Å². The Hall–Kier alpha value is -2.14. The van der Waals surface area contributed by atoms with Gasteiger partial charge in [-0.15, -0.1) is 11.8 Å². The van der Waals surface area contributed by atoms with Crippen LogP contribution in [0.3, 0.4) is 0 Å². The quantitative estimate of drug-likeness (QED) is 0.669. The van der Waals surface area contributed by atoms with Gasteiger partial charge in [-0.25, -0.2) is 0 Å². The first-order valence-corrected chi connectivity index (χ1v) is 7.25. The molecular weight excluding hydrogens is 272 g/mol. The standard InChI is InChI=1S/C15H16N2O2S/c1-19-14-7-6-10(16)8-13(14)15(18)17-11-4-3-5-12(9-11)20-2/h3-9H,16H2,1-2H3,(H,17,18). The third kappa shape index (κ3) is 3.24. The molecule has 0 aliphatic heterocycles. The molecule has 0 fully saturated rings. The lowest BCUT2D eigenvalue weighted by molar-refractivity contribution is 0.102. The van der Waals surface area contributed by atoms with E-state index in [1.54, 1.807) is 30.0 Å². The van der Waals surface area contributed by atoms with E-state index >= 15 is 0 Å². The summed E-state index contributed by atoms with van der Waals surface area (Å²) in [6, 6.07) is 12.6. The van der Waals surface area contributed by atoms with Crippen LogP contribution in [0.5, 0.6) is 5.75 Å². The number of rotatable bonds is 4. The van der Waals surface area contributed by atoms with Gasteiger partial charge in [0.1, 0.15) is 5.75 Å². The molecule has 4 nitrogen and oxygen atoms in total. The first kappa shape index (κ1) is 14.3. The lowest BCUT2D eigenvalue weighted by Crippen LogP contribution is -2.13. The zero-order chi connectivity index (χ0) is 14.5. The molecule has 0 bridgehead atoms. The number of amides is 1. The van der Waals surface area contributed by atoms with E-state index in [0.717, 1.165) is 10.6 Å². The van der Waals surface area contributed by atoms with Gasteiger partial charge in [0, 0.05) is 16.3 Å². The Kier molecular flexibility index (Phi) is 4.53. The summed E-state index contributed by atoms with van der Waals surface area (Å²) in [6.07, 6.45) is 1.99. The number of carbonyl (C=O) groups is 1. The summed E-state index contributed by atoms with van der Waals surface area (Å²) in [4.78, 5) is 13.4. The highest BCUT2D eigenvalue weighted by molar-refractivity contribution is 7.98. The SMILES string of the molecule is COc1ccc(N)cc1C(=O)Nc1cccc(SC)c1. The Morgan fingerprint density at radius 3 is 2.75 bits per heavy atom. The van der Waals surface area contributed by atoms with E-state index in [9.17, 15) is 4.79 Å². The van der Waals surface area contributed by atoms with Crippen molar-refractivity contribution < 1.29 is 9.53 Å². The molecule has 0 saturated carbocycles. The molecule has 0 saturated heterocycles. The minimum absolute atomic E-state index is 0.243. The second kappa shape index (κ2) is 6.34. The number of nitrogens with two attached hydrogens (primary N) is 1. The fourth-order valence-electron chi connectivity index (χ4n) is 1.80. The first-order valence-electron chi connectivity index (χ1n) is 6.03. The maximum atomic E-state index is 12.3. The topological polar surface area (TPSA) is 64.3 Å². The second-order valence-corrected chi connectivity index (χ2v) is 5.03. The molecule has 20 heavy (non-hydrogen) atoms. The number of nitrogens with one attached hydrogen (secondary N) is 1. The summed E-state index contributed by atoms with van der Waals surface area (Å²) >= 11 is 1.62. The molecule has 0 aromatic heterocycles. The van der Waals surface area contributed by atoms with Crippen LogP contribution in [0.25, 0.3) is 0 Å². The molecule has 0 radical (unpaired) electrons. The van der Waals surface area contributed by atoms with Crippen molar-refractivity contribution in [1.82, 2.24) is 0 Å². The maximum Gasteiger partial charge on any atom is 0.259 e. The van der Waals surface area contributed by atoms with Crippen molar-refractivity contribution >= 4 is 29.0 Å². The van der Waals surface area contributed by atoms with Crippen LogP contribution >= 0.6 is 11.8 Å². The summed E-state index contributed by atoms with van der Waals surface area (Å²) in [5, 5.41) is 2.85. The zero-order valence-electron chi connectivity index (χ0n) is 11.3. The van der Waals surface area contributed by atoms with Crippen molar-refractivity contribution in [2.24, 2.45) is 0 Å². The van der Waals surface area contributed by atoms with E-state index in [0.29, 0.717) is 17.0 Å². The van der Waals surface area contributed by atoms with E-state index in [1.807, 2.05) is 30.5 Å². The van der Waals surface area contributed by atoms with E-state index in [4.69, 9.17) is 10.5 Å². The first-order chi connectivity index (χ1) is 9.63. The number of anilines is 2. The molecule has 2 aromatic carbocycles. The molecular formula is C15H16N2O2S. The van der Waals surface area contributed by atoms with Gasteiger partial charge in [0.25, 0.3) is 5.91 Å². The predicted octanol–water partition coefficient (Wildman–Crippen LogP) is 3.25. The Bertz CT molecular complexity index is 629. The third-order valence-electron chi connectivity index (χ3n) is 2.80. The smallest absolute Gasteiger partial charge is 0.259 e. The molecule has 0 aliphatic rings. The summed E-state index contributed by atoms with van der Waals surface area (Å²) < 4.78 is 5.18. The molecule has 5 heteroatoms. The molecule has 0 atom stereocenters. The number of benzene rings is 2. The van der Waals surface area contributed by atoms with Gasteiger partial charge in [0.05, 0.1) is 12.7 Å². The van der Waals surface area contributed by atoms with Crippen LogP contribution in [0.1, 0.15) is 10.4 Å². The molecule has 0 aliphatic carbocycles. The highest BCUT2D eigenvalue weighted by Crippen LogP contribution is 2.24. The Morgan fingerprint density at radius 2 is 2.05 bits per heavy atom. The van der Waals surface area contributed by atoms with Gasteiger partial charge in [-0.3, -0.25) is 4.79 Å². The van der Waals surface area contributed by atoms with Gasteiger partial charge in [0.2, 0.25) is 0 Å². The monoisotopic (exact) mass is 288 g/mol. The normalized spacial score (nSPS) is 10.1. The van der Waals surface area contributed by atoms with Crippen molar-refractivity contribution in [2.75, 3.05) is 24.4 Å². The van der Waals surface area contributed by atoms with Gasteiger partial charge in [0.15, 0.2) is 0 Å². The predicted molar refractivity (Wildman–Crippen MR) is 83.6 cm³/mol. The van der Waals surface area contributed by atoms with Gasteiger partial charge >= 0.3 is 0 Å². The number of nitrogen functional groups attached to an aromatic ring is 1. The molecule has 0 heterocycles. The van der Waals surface area contributed by atoms with Crippen LogP contribution in [-0.2, 0) is 0 Å². The summed E-state index contributed by atoms with van der Waals surface area (Å²) in [7, 11) is 1.52. The average molecular weight is 288 g/mol. The average Bonchev–Trinajstić information content (AvgIpc) is 2.47. The van der Waals surface area contributed by atoms with Gasteiger partial charge in [-0.1, -0.05) is 6.07 Å². The fourth-order valence-corrected chi connectivity index (χ4v) is 2.26. The number of thioether (sulfide) groups is 1. The van der Waals surface area contributed by atoms with Crippen molar-refractivity contribution in [3.05, 3.63) is 48.0 Å². The summed E-state index contributed by atoms with van der Waals surface area (Å²) in [5.74, 6) is 0.255. The van der Waals surface area contributed by atoms with Crippen molar-refractivity contribution in [3.63, 3.8) is 0 Å². The second-order valence-electron chi connectivity index (χ2n) is 4.15. The molecule has 1 amide bonds. The van der Waals surface area contributed by atoms with Gasteiger partial charge < -0.3 is 15.8 Å². The lowest BCUT2D eigenvalue weighted by atomic mass is 10.1. The van der Waals surface area contributed by atoms with Gasteiger partial charge in [-0.05, 0) is 42.7 Å². The van der Waals surface area contributed by atoms with Crippen LogP contribution in [0.2, 0.25) is 0 Å². The largest absolute Gasteiger partial charge is 0.496 e. The molecule has 0 spiro atoms. The summed E-state index contributed by atoms with van der Waals surface area (Å²) in [6.45, 7) is 0. The highest BCUT2D eigenvalue weighted by atomic mass is 32.2. The highest BCUT2D eigenvalue weighted by Gasteiger charge is 2.13. The molecule has 0 unspecified atom stereocenters. The fraction of sp³-hybridized carbons (Fsp3) is 0.133. The van der Waals surface area contributed by atoms with Crippen LogP contribution in [0, 0.1) is 0 Å². The minimum Gasteiger partial charge on any atom is -0.496 e. The van der Waals surface area contributed by atoms with Crippen LogP contribution in [-0.4, -0.2) is 19.3 Å². The molecule has 2 aromatic rings. The van der Waals surface area contributed by atoms with E-state index in [2.05, 4.69) is 5.32 Å². The number of methoxy groups -OCH3 is 1. The van der Waals surface area contributed by atoms with E-state index in [-0.39, 0.29) is 5.91 Å². The number of ether oxygens (including phenoxy) is 1.